The molecule has 9 heteroatoms. The van der Waals surface area contributed by atoms with Crippen molar-refractivity contribution < 1.29 is 17.9 Å². The number of carbonyl (C=O) groups is 1. The lowest BCUT2D eigenvalue weighted by Crippen LogP contribution is -2.34. The van der Waals surface area contributed by atoms with Gasteiger partial charge in [0, 0.05) is 24.2 Å². The van der Waals surface area contributed by atoms with Crippen molar-refractivity contribution in [1.82, 2.24) is 14.5 Å². The Labute approximate surface area is 222 Å². The third-order valence-corrected chi connectivity index (χ3v) is 7.67. The molecule has 0 aliphatic rings. The first kappa shape index (κ1) is 26.6. The van der Waals surface area contributed by atoms with E-state index in [1.807, 2.05) is 48.5 Å². The number of imidazole rings is 1. The summed E-state index contributed by atoms with van der Waals surface area (Å²) in [6.07, 6.45) is 1.53. The van der Waals surface area contributed by atoms with Crippen LogP contribution in [-0.2, 0) is 33.4 Å². The number of benzene rings is 3. The number of rotatable bonds is 11. The van der Waals surface area contributed by atoms with E-state index in [0.717, 1.165) is 5.56 Å². The Morgan fingerprint density at radius 1 is 0.973 bits per heavy atom. The summed E-state index contributed by atoms with van der Waals surface area (Å²) in [6.45, 7) is 1.07. The van der Waals surface area contributed by atoms with Crippen LogP contribution in [0.4, 0.5) is 0 Å². The second kappa shape index (κ2) is 12.2. The molecule has 0 fully saturated rings. The molecule has 0 N–H and O–H groups in total. The highest BCUT2D eigenvalue weighted by Gasteiger charge is 2.26. The molecule has 4 aromatic rings. The smallest absolute Gasteiger partial charge is 0.254 e. The lowest BCUT2D eigenvalue weighted by atomic mass is 10.2. The van der Waals surface area contributed by atoms with Gasteiger partial charge >= 0.3 is 0 Å². The Hall–Kier alpha value is -3.46. The van der Waals surface area contributed by atoms with Crippen molar-refractivity contribution in [3.63, 3.8) is 0 Å². The summed E-state index contributed by atoms with van der Waals surface area (Å²) in [4.78, 5) is 19.3. The van der Waals surface area contributed by atoms with Gasteiger partial charge in [-0.3, -0.25) is 4.79 Å². The average molecular weight is 538 g/mol. The molecule has 0 unspecified atom stereocenters. The van der Waals surface area contributed by atoms with Crippen LogP contribution < -0.4 is 0 Å². The minimum atomic E-state index is -3.77. The van der Waals surface area contributed by atoms with Gasteiger partial charge in [-0.25, -0.2) is 13.4 Å². The predicted octanol–water partition coefficient (Wildman–Crippen LogP) is 4.85. The molecule has 1 heterocycles. The molecule has 0 aliphatic heterocycles. The van der Waals surface area contributed by atoms with Crippen molar-refractivity contribution in [2.45, 2.75) is 24.0 Å². The van der Waals surface area contributed by atoms with Gasteiger partial charge in [0.2, 0.25) is 15.0 Å². The van der Waals surface area contributed by atoms with Crippen molar-refractivity contribution in [2.75, 3.05) is 20.3 Å². The maximum Gasteiger partial charge on any atom is 0.254 e. The Balaban J connectivity index is 1.71. The molecule has 0 radical (unpaired) electrons. The van der Waals surface area contributed by atoms with E-state index in [4.69, 9.17) is 16.3 Å². The summed E-state index contributed by atoms with van der Waals surface area (Å²) >= 11 is 6.12. The highest BCUT2D eigenvalue weighted by molar-refractivity contribution is 7.90. The fraction of sp³-hybridized carbons (Fsp3) is 0.214. The number of hydrogen-bond acceptors (Lipinski definition) is 5. The van der Waals surface area contributed by atoms with Crippen molar-refractivity contribution in [2.24, 2.45) is 0 Å². The molecule has 0 bridgehead atoms. The molecular weight excluding hydrogens is 510 g/mol. The van der Waals surface area contributed by atoms with Gasteiger partial charge in [-0.1, -0.05) is 78.3 Å². The Morgan fingerprint density at radius 2 is 1.65 bits per heavy atom. The number of amides is 1. The number of halogens is 1. The van der Waals surface area contributed by atoms with E-state index in [9.17, 15) is 13.2 Å². The molecular formula is C28H28ClN3O4S. The van der Waals surface area contributed by atoms with Gasteiger partial charge in [0.15, 0.2) is 0 Å². The van der Waals surface area contributed by atoms with Crippen LogP contribution in [0.2, 0.25) is 5.02 Å². The van der Waals surface area contributed by atoms with Crippen LogP contribution in [0.1, 0.15) is 27.2 Å². The Kier molecular flexibility index (Phi) is 8.76. The zero-order valence-corrected chi connectivity index (χ0v) is 22.0. The SMILES string of the molecule is COCCN(Cc1cnc(S(=O)(=O)Cc2ccccc2)n1Cc1ccccc1)C(=O)c1cccc(Cl)c1. The highest BCUT2D eigenvalue weighted by atomic mass is 35.5. The normalized spacial score (nSPS) is 11.4. The quantitative estimate of drug-likeness (QED) is 0.273. The fourth-order valence-electron chi connectivity index (χ4n) is 4.01. The van der Waals surface area contributed by atoms with Gasteiger partial charge < -0.3 is 14.2 Å². The molecule has 1 aromatic heterocycles. The molecule has 7 nitrogen and oxygen atoms in total. The number of aromatic nitrogens is 2. The average Bonchev–Trinajstić information content (AvgIpc) is 3.30. The van der Waals surface area contributed by atoms with Crippen LogP contribution in [0.15, 0.2) is 96.3 Å². The molecule has 1 amide bonds. The van der Waals surface area contributed by atoms with Crippen LogP contribution in [0.25, 0.3) is 0 Å². The van der Waals surface area contributed by atoms with Crippen LogP contribution in [-0.4, -0.2) is 49.0 Å². The zero-order chi connectivity index (χ0) is 26.3. The highest BCUT2D eigenvalue weighted by Crippen LogP contribution is 2.21. The molecule has 192 valence electrons. The summed E-state index contributed by atoms with van der Waals surface area (Å²) in [5.74, 6) is -0.408. The van der Waals surface area contributed by atoms with Gasteiger partial charge in [-0.15, -0.1) is 0 Å². The third-order valence-electron chi connectivity index (χ3n) is 5.84. The van der Waals surface area contributed by atoms with Crippen LogP contribution in [0.5, 0.6) is 0 Å². The number of ether oxygens (including phenoxy) is 1. The van der Waals surface area contributed by atoms with E-state index in [-0.39, 0.29) is 23.4 Å². The number of carbonyl (C=O) groups excluding carboxylic acids is 1. The first-order valence-electron chi connectivity index (χ1n) is 11.8. The molecule has 3 aromatic carbocycles. The molecule has 37 heavy (non-hydrogen) atoms. The van der Waals surface area contributed by atoms with E-state index < -0.39 is 9.84 Å². The molecule has 0 spiro atoms. The van der Waals surface area contributed by atoms with Gasteiger partial charge in [-0.2, -0.15) is 0 Å². The largest absolute Gasteiger partial charge is 0.383 e. The van der Waals surface area contributed by atoms with Gasteiger partial charge in [0.1, 0.15) is 0 Å². The standard InChI is InChI=1S/C28H28ClN3O4S/c1-36-16-15-31(27(33)24-13-8-14-25(29)17-24)20-26-18-30-28(32(26)19-22-9-4-2-5-10-22)37(34,35)21-23-11-6-3-7-12-23/h2-14,17-18H,15-16,19-21H2,1H3. The maximum atomic E-state index is 13.5. The fourth-order valence-corrected chi connectivity index (χ4v) is 5.69. The van der Waals surface area contributed by atoms with Crippen molar-refractivity contribution in [3.05, 3.63) is 119 Å². The van der Waals surface area contributed by atoms with Crippen molar-refractivity contribution in [3.8, 4) is 0 Å². The van der Waals surface area contributed by atoms with E-state index in [1.165, 1.54) is 6.20 Å². The molecule has 0 aliphatic carbocycles. The van der Waals surface area contributed by atoms with Gasteiger partial charge in [0.25, 0.3) is 5.91 Å². The van der Waals surface area contributed by atoms with Crippen LogP contribution in [0.3, 0.4) is 0 Å². The van der Waals surface area contributed by atoms with Gasteiger partial charge in [-0.05, 0) is 29.3 Å². The summed E-state index contributed by atoms with van der Waals surface area (Å²) in [5, 5.41) is 0.429. The van der Waals surface area contributed by atoms with Crippen molar-refractivity contribution in [1.29, 1.82) is 0 Å². The van der Waals surface area contributed by atoms with E-state index in [0.29, 0.717) is 41.5 Å². The maximum absolute atomic E-state index is 13.5. The molecule has 0 saturated heterocycles. The Morgan fingerprint density at radius 3 is 2.30 bits per heavy atom. The molecule has 0 saturated carbocycles. The van der Waals surface area contributed by atoms with Crippen LogP contribution in [0, 0.1) is 0 Å². The third kappa shape index (κ3) is 6.85. The van der Waals surface area contributed by atoms with Crippen LogP contribution >= 0.6 is 11.6 Å². The number of sulfone groups is 1. The summed E-state index contributed by atoms with van der Waals surface area (Å²) in [7, 11) is -2.20. The second-order valence-electron chi connectivity index (χ2n) is 8.58. The number of methoxy groups -OCH3 is 1. The molecule has 0 atom stereocenters. The van der Waals surface area contributed by atoms with E-state index in [2.05, 4.69) is 4.98 Å². The monoisotopic (exact) mass is 537 g/mol. The topological polar surface area (TPSA) is 81.5 Å². The van der Waals surface area contributed by atoms with E-state index in [1.54, 1.807) is 53.0 Å². The summed E-state index contributed by atoms with van der Waals surface area (Å²) in [6, 6.07) is 25.3. The molecule has 4 rings (SSSR count). The summed E-state index contributed by atoms with van der Waals surface area (Å²) < 4.78 is 33.9. The predicted molar refractivity (Wildman–Crippen MR) is 143 cm³/mol. The number of nitrogens with zero attached hydrogens (tertiary/aromatic N) is 3. The minimum Gasteiger partial charge on any atom is -0.383 e. The summed E-state index contributed by atoms with van der Waals surface area (Å²) in [5.41, 5.74) is 2.63. The Bertz CT molecular complexity index is 1440. The lowest BCUT2D eigenvalue weighted by molar-refractivity contribution is 0.0675. The van der Waals surface area contributed by atoms with Gasteiger partial charge in [0.05, 0.1) is 37.3 Å². The zero-order valence-electron chi connectivity index (χ0n) is 20.5. The first-order chi connectivity index (χ1) is 17.9. The number of hydrogen-bond donors (Lipinski definition) is 0. The lowest BCUT2D eigenvalue weighted by Gasteiger charge is -2.23. The van der Waals surface area contributed by atoms with Crippen molar-refractivity contribution >= 4 is 27.3 Å². The first-order valence-corrected chi connectivity index (χ1v) is 13.8. The minimum absolute atomic E-state index is 0.0305. The second-order valence-corrected chi connectivity index (χ2v) is 10.9. The van der Waals surface area contributed by atoms with E-state index >= 15 is 0 Å².